The lowest BCUT2D eigenvalue weighted by atomic mass is 10.1. The van der Waals surface area contributed by atoms with E-state index in [1.807, 2.05) is 27.2 Å². The van der Waals surface area contributed by atoms with E-state index in [0.29, 0.717) is 31.4 Å². The number of halogens is 1. The molecule has 2 aliphatic heterocycles. The van der Waals surface area contributed by atoms with Gasteiger partial charge >= 0.3 is 0 Å². The van der Waals surface area contributed by atoms with Crippen LogP contribution in [-0.4, -0.2) is 53.4 Å². The first-order valence-corrected chi connectivity index (χ1v) is 9.44. The topological polar surface area (TPSA) is 59.4 Å². The van der Waals surface area contributed by atoms with Crippen LogP contribution < -0.4 is 5.32 Å². The summed E-state index contributed by atoms with van der Waals surface area (Å²) in [6.07, 6.45) is 4.17. The van der Waals surface area contributed by atoms with Crippen molar-refractivity contribution < 1.29 is 9.53 Å². The van der Waals surface area contributed by atoms with Crippen molar-refractivity contribution in [2.24, 2.45) is 0 Å². The van der Waals surface area contributed by atoms with Crippen LogP contribution in [-0.2, 0) is 4.74 Å². The van der Waals surface area contributed by atoms with Crippen LogP contribution in [0.1, 0.15) is 41.0 Å². The summed E-state index contributed by atoms with van der Waals surface area (Å²) in [4.78, 5) is 14.7. The van der Waals surface area contributed by atoms with E-state index in [1.165, 1.54) is 0 Å². The lowest BCUT2D eigenvalue weighted by Gasteiger charge is -2.32. The molecule has 0 spiro atoms. The summed E-state index contributed by atoms with van der Waals surface area (Å²) in [7, 11) is 0. The highest BCUT2D eigenvalue weighted by Gasteiger charge is 2.28. The quantitative estimate of drug-likeness (QED) is 0.886. The Balaban J connectivity index is 0.00000182. The molecular formula is C17H23ClN4O2S. The zero-order valence-electron chi connectivity index (χ0n) is 14.0. The second kappa shape index (κ2) is 8.31. The van der Waals surface area contributed by atoms with Crippen LogP contribution in [0, 0.1) is 0 Å². The molecule has 1 N–H and O–H groups in total. The zero-order valence-corrected chi connectivity index (χ0v) is 15.6. The van der Waals surface area contributed by atoms with E-state index in [-0.39, 0.29) is 24.4 Å². The number of piperidine rings is 1. The molecule has 136 valence electrons. The average molecular weight is 383 g/mol. The Morgan fingerprint density at radius 1 is 1.40 bits per heavy atom. The van der Waals surface area contributed by atoms with Gasteiger partial charge in [0.2, 0.25) is 0 Å². The zero-order chi connectivity index (χ0) is 16.4. The van der Waals surface area contributed by atoms with Crippen molar-refractivity contribution in [1.29, 1.82) is 0 Å². The summed E-state index contributed by atoms with van der Waals surface area (Å²) in [5, 5.41) is 12.1. The fourth-order valence-electron chi connectivity index (χ4n) is 3.37. The van der Waals surface area contributed by atoms with Crippen molar-refractivity contribution in [3.63, 3.8) is 0 Å². The van der Waals surface area contributed by atoms with Crippen molar-refractivity contribution in [1.82, 2.24) is 20.0 Å². The molecule has 2 unspecified atom stereocenters. The van der Waals surface area contributed by atoms with Crippen molar-refractivity contribution in [2.75, 3.05) is 32.8 Å². The van der Waals surface area contributed by atoms with Gasteiger partial charge in [0.25, 0.3) is 5.91 Å². The molecule has 0 saturated carbocycles. The molecule has 2 fully saturated rings. The van der Waals surface area contributed by atoms with E-state index in [9.17, 15) is 4.79 Å². The number of nitrogens with zero attached hydrogens (tertiary/aromatic N) is 3. The third-order valence-corrected chi connectivity index (χ3v) is 5.44. The minimum Gasteiger partial charge on any atom is -0.370 e. The fraction of sp³-hybridized carbons (Fsp3) is 0.529. The van der Waals surface area contributed by atoms with Crippen LogP contribution in [0.3, 0.4) is 0 Å². The maximum atomic E-state index is 12.8. The number of thiophene rings is 1. The smallest absolute Gasteiger partial charge is 0.274 e. The second-order valence-electron chi connectivity index (χ2n) is 6.35. The van der Waals surface area contributed by atoms with Gasteiger partial charge in [0.15, 0.2) is 0 Å². The van der Waals surface area contributed by atoms with Gasteiger partial charge in [0.1, 0.15) is 11.8 Å². The van der Waals surface area contributed by atoms with Crippen LogP contribution in [0.2, 0.25) is 0 Å². The van der Waals surface area contributed by atoms with Gasteiger partial charge in [-0.3, -0.25) is 9.48 Å². The first-order chi connectivity index (χ1) is 11.8. The number of nitrogens with one attached hydrogen (secondary N) is 1. The molecule has 8 heteroatoms. The van der Waals surface area contributed by atoms with Gasteiger partial charge < -0.3 is 15.0 Å². The minimum atomic E-state index is -0.0291. The Hall–Kier alpha value is -1.41. The highest BCUT2D eigenvalue weighted by Crippen LogP contribution is 2.25. The van der Waals surface area contributed by atoms with E-state index in [1.54, 1.807) is 11.3 Å². The normalized spacial score (nSPS) is 23.9. The summed E-state index contributed by atoms with van der Waals surface area (Å²) in [6, 6.07) is 4.25. The first-order valence-electron chi connectivity index (χ1n) is 8.50. The molecule has 1 amide bonds. The van der Waals surface area contributed by atoms with Crippen molar-refractivity contribution in [3.8, 4) is 0 Å². The van der Waals surface area contributed by atoms with Crippen LogP contribution in [0.5, 0.6) is 0 Å². The van der Waals surface area contributed by atoms with Crippen LogP contribution in [0.15, 0.2) is 29.1 Å². The Morgan fingerprint density at radius 3 is 3.08 bits per heavy atom. The Morgan fingerprint density at radius 2 is 2.32 bits per heavy atom. The Labute approximate surface area is 157 Å². The lowest BCUT2D eigenvalue weighted by molar-refractivity contribution is -0.0228. The van der Waals surface area contributed by atoms with Gasteiger partial charge in [-0.15, -0.1) is 12.4 Å². The second-order valence-corrected chi connectivity index (χ2v) is 7.13. The molecule has 4 rings (SSSR count). The Bertz CT molecular complexity index is 685. The number of carbonyl (C=O) groups is 1. The molecule has 2 aliphatic rings. The molecule has 25 heavy (non-hydrogen) atoms. The third-order valence-electron chi connectivity index (χ3n) is 4.74. The number of morpholine rings is 1. The molecule has 6 nitrogen and oxygen atoms in total. The molecule has 0 radical (unpaired) electrons. The van der Waals surface area contributed by atoms with Crippen molar-refractivity contribution in [3.05, 3.63) is 40.3 Å². The summed E-state index contributed by atoms with van der Waals surface area (Å²) in [5.74, 6) is 0.000971. The van der Waals surface area contributed by atoms with Crippen LogP contribution in [0.4, 0.5) is 0 Å². The molecule has 0 bridgehead atoms. The molecule has 0 aromatic carbocycles. The number of amides is 1. The number of ether oxygens (including phenoxy) is 1. The largest absolute Gasteiger partial charge is 0.370 e. The van der Waals surface area contributed by atoms with Crippen molar-refractivity contribution in [2.45, 2.75) is 25.0 Å². The summed E-state index contributed by atoms with van der Waals surface area (Å²) < 4.78 is 7.76. The summed E-state index contributed by atoms with van der Waals surface area (Å²) in [5.41, 5.74) is 1.68. The van der Waals surface area contributed by atoms with Crippen LogP contribution >= 0.6 is 23.7 Å². The fourth-order valence-corrected chi connectivity index (χ4v) is 4.07. The Kier molecular flexibility index (Phi) is 6.11. The first kappa shape index (κ1) is 18.4. The van der Waals surface area contributed by atoms with E-state index in [4.69, 9.17) is 4.74 Å². The SMILES string of the molecule is Cl.O=C(c1ccn(C2CCCNC2)n1)N1CCOC(c2ccsc2)C1. The predicted octanol–water partition coefficient (Wildman–Crippen LogP) is 2.50. The van der Waals surface area contributed by atoms with E-state index < -0.39 is 0 Å². The summed E-state index contributed by atoms with van der Waals surface area (Å²) in [6.45, 7) is 3.78. The maximum absolute atomic E-state index is 12.8. The molecule has 2 aromatic heterocycles. The number of aromatic nitrogens is 2. The summed E-state index contributed by atoms with van der Waals surface area (Å²) >= 11 is 1.65. The molecular weight excluding hydrogens is 360 g/mol. The maximum Gasteiger partial charge on any atom is 0.274 e. The van der Waals surface area contributed by atoms with E-state index >= 15 is 0 Å². The lowest BCUT2D eigenvalue weighted by Crippen LogP contribution is -2.42. The van der Waals surface area contributed by atoms with Gasteiger partial charge in [-0.2, -0.15) is 16.4 Å². The van der Waals surface area contributed by atoms with Gasteiger partial charge in [-0.1, -0.05) is 0 Å². The highest BCUT2D eigenvalue weighted by molar-refractivity contribution is 7.07. The molecule has 2 saturated heterocycles. The highest BCUT2D eigenvalue weighted by atomic mass is 35.5. The van der Waals surface area contributed by atoms with Crippen molar-refractivity contribution >= 4 is 29.7 Å². The van der Waals surface area contributed by atoms with Gasteiger partial charge in [-0.25, -0.2) is 0 Å². The number of rotatable bonds is 3. The monoisotopic (exact) mass is 382 g/mol. The molecule has 2 aromatic rings. The predicted molar refractivity (Wildman–Crippen MR) is 99.5 cm³/mol. The number of hydrogen-bond acceptors (Lipinski definition) is 5. The number of hydrogen-bond donors (Lipinski definition) is 1. The van der Waals surface area contributed by atoms with Gasteiger partial charge in [0.05, 0.1) is 19.2 Å². The average Bonchev–Trinajstić information content (AvgIpc) is 3.34. The standard InChI is InChI=1S/C17H22N4O2S.ClH/c22-17(15-3-6-21(19-15)14-2-1-5-18-10-14)20-7-8-23-16(11-20)13-4-9-24-12-13;/h3-4,6,9,12,14,16,18H,1-2,5,7-8,10-11H2;1H. The third kappa shape index (κ3) is 4.06. The molecule has 0 aliphatic carbocycles. The minimum absolute atomic E-state index is 0. The van der Waals surface area contributed by atoms with E-state index in [0.717, 1.165) is 31.5 Å². The molecule has 4 heterocycles. The van der Waals surface area contributed by atoms with Crippen LogP contribution in [0.25, 0.3) is 0 Å². The van der Waals surface area contributed by atoms with E-state index in [2.05, 4.69) is 21.9 Å². The van der Waals surface area contributed by atoms with Gasteiger partial charge in [-0.05, 0) is 47.8 Å². The molecule has 2 atom stereocenters. The number of carbonyl (C=O) groups excluding carboxylic acids is 1. The van der Waals surface area contributed by atoms with Gasteiger partial charge in [0, 0.05) is 19.3 Å².